The molecule has 30 heavy (non-hydrogen) atoms. The number of anilines is 1. The number of ether oxygens (including phenoxy) is 1. The summed E-state index contributed by atoms with van der Waals surface area (Å²) >= 11 is 5.38. The smallest absolute Gasteiger partial charge is 0.238 e. The minimum Gasteiger partial charge on any atom is -0.494 e. The highest BCUT2D eigenvalue weighted by Gasteiger charge is 2.23. The van der Waals surface area contributed by atoms with Gasteiger partial charge in [0.15, 0.2) is 5.11 Å². The maximum atomic E-state index is 13.1. The summed E-state index contributed by atoms with van der Waals surface area (Å²) in [6.07, 6.45) is 2.13. The normalized spacial score (nSPS) is 10.5. The van der Waals surface area contributed by atoms with E-state index in [1.807, 2.05) is 84.9 Å². The fraction of sp³-hybridized carbons (Fsp3) is 0.200. The highest BCUT2D eigenvalue weighted by atomic mass is 32.1. The highest BCUT2D eigenvalue weighted by Crippen LogP contribution is 2.25. The minimum absolute atomic E-state index is 0.176. The van der Waals surface area contributed by atoms with Crippen LogP contribution in [0.5, 0.6) is 5.75 Å². The summed E-state index contributed by atoms with van der Waals surface area (Å²) in [5.74, 6) is 0.197. The molecule has 3 aromatic rings. The van der Waals surface area contributed by atoms with Crippen molar-refractivity contribution in [3.63, 3.8) is 0 Å². The Labute approximate surface area is 183 Å². The highest BCUT2D eigenvalue weighted by molar-refractivity contribution is 7.80. The maximum Gasteiger partial charge on any atom is 0.238 e. The molecule has 3 aromatic carbocycles. The third-order valence-corrected chi connectivity index (χ3v) is 4.85. The quantitative estimate of drug-likeness (QED) is 0.374. The zero-order chi connectivity index (χ0) is 21.2. The van der Waals surface area contributed by atoms with E-state index in [-0.39, 0.29) is 11.0 Å². The molecule has 0 bridgehead atoms. The number of benzene rings is 3. The number of carbonyl (C=O) groups excluding carboxylic acids is 1. The van der Waals surface area contributed by atoms with Gasteiger partial charge in [-0.3, -0.25) is 4.79 Å². The molecule has 3 rings (SSSR count). The molecule has 1 amide bonds. The van der Waals surface area contributed by atoms with E-state index in [4.69, 9.17) is 17.0 Å². The second kappa shape index (κ2) is 11.1. The van der Waals surface area contributed by atoms with E-state index in [0.29, 0.717) is 6.61 Å². The molecule has 0 fully saturated rings. The van der Waals surface area contributed by atoms with Crippen molar-refractivity contribution in [2.24, 2.45) is 0 Å². The Morgan fingerprint density at radius 1 is 0.900 bits per heavy atom. The molecule has 0 saturated heterocycles. The second-order valence-electron chi connectivity index (χ2n) is 6.92. The van der Waals surface area contributed by atoms with Crippen LogP contribution in [0.2, 0.25) is 0 Å². The Bertz CT molecular complexity index is 904. The van der Waals surface area contributed by atoms with Gasteiger partial charge in [0.1, 0.15) is 5.75 Å². The SMILES string of the molecule is CCCCOc1ccc(NC(=S)NC(=O)C(c2ccccc2)c2ccccc2)cc1. The Kier molecular flexibility index (Phi) is 7.98. The first kappa shape index (κ1) is 21.5. The molecule has 2 N–H and O–H groups in total. The molecule has 0 radical (unpaired) electrons. The standard InChI is InChI=1S/C25H26N2O2S/c1-2-3-18-29-22-16-14-21(15-17-22)26-25(30)27-24(28)23(19-10-6-4-7-11-19)20-12-8-5-9-13-20/h4-17,23H,2-3,18H2,1H3,(H2,26,27,28,30). The van der Waals surface area contributed by atoms with Crippen molar-refractivity contribution in [3.8, 4) is 5.75 Å². The van der Waals surface area contributed by atoms with Gasteiger partial charge >= 0.3 is 0 Å². The van der Waals surface area contributed by atoms with Crippen molar-refractivity contribution in [2.45, 2.75) is 25.7 Å². The van der Waals surface area contributed by atoms with Gasteiger partial charge in [0.2, 0.25) is 5.91 Å². The van der Waals surface area contributed by atoms with Crippen molar-refractivity contribution < 1.29 is 9.53 Å². The predicted molar refractivity (Wildman–Crippen MR) is 126 cm³/mol. The summed E-state index contributed by atoms with van der Waals surface area (Å²) in [5.41, 5.74) is 2.62. The Morgan fingerprint density at radius 3 is 2.00 bits per heavy atom. The molecule has 0 spiro atoms. The summed E-state index contributed by atoms with van der Waals surface area (Å²) in [5, 5.41) is 6.16. The third kappa shape index (κ3) is 6.16. The van der Waals surface area contributed by atoms with Gasteiger partial charge in [0, 0.05) is 5.69 Å². The molecule has 0 unspecified atom stereocenters. The van der Waals surface area contributed by atoms with Crippen LogP contribution in [0.15, 0.2) is 84.9 Å². The number of hydrogen-bond acceptors (Lipinski definition) is 3. The first-order chi connectivity index (χ1) is 14.7. The van der Waals surface area contributed by atoms with Gasteiger partial charge < -0.3 is 15.4 Å². The average Bonchev–Trinajstić information content (AvgIpc) is 2.77. The van der Waals surface area contributed by atoms with Crippen LogP contribution in [0.25, 0.3) is 0 Å². The summed E-state index contributed by atoms with van der Waals surface area (Å²) in [6, 6.07) is 26.9. The van der Waals surface area contributed by atoms with Crippen LogP contribution in [0.3, 0.4) is 0 Å². The van der Waals surface area contributed by atoms with Crippen LogP contribution >= 0.6 is 12.2 Å². The van der Waals surface area contributed by atoms with Gasteiger partial charge in [0.05, 0.1) is 12.5 Å². The number of rotatable bonds is 8. The Balaban J connectivity index is 1.65. The largest absolute Gasteiger partial charge is 0.494 e. The van der Waals surface area contributed by atoms with Crippen molar-refractivity contribution >= 4 is 28.9 Å². The van der Waals surface area contributed by atoms with Crippen LogP contribution in [0.4, 0.5) is 5.69 Å². The lowest BCUT2D eigenvalue weighted by Gasteiger charge is -2.18. The summed E-state index contributed by atoms with van der Waals surface area (Å²) < 4.78 is 5.67. The van der Waals surface area contributed by atoms with Gasteiger partial charge in [-0.1, -0.05) is 74.0 Å². The van der Waals surface area contributed by atoms with E-state index in [0.717, 1.165) is 35.4 Å². The lowest BCUT2D eigenvalue weighted by atomic mass is 9.90. The summed E-state index contributed by atoms with van der Waals surface area (Å²) in [4.78, 5) is 13.1. The molecule has 0 aromatic heterocycles. The van der Waals surface area contributed by atoms with Crippen molar-refractivity contribution in [1.29, 1.82) is 0 Å². The topological polar surface area (TPSA) is 50.4 Å². The molecule has 0 aliphatic carbocycles. The number of nitrogens with one attached hydrogen (secondary N) is 2. The first-order valence-electron chi connectivity index (χ1n) is 10.1. The lowest BCUT2D eigenvalue weighted by Crippen LogP contribution is -2.37. The third-order valence-electron chi connectivity index (χ3n) is 4.64. The van der Waals surface area contributed by atoms with E-state index in [2.05, 4.69) is 17.6 Å². The molecule has 154 valence electrons. The molecule has 0 aliphatic rings. The number of carbonyl (C=O) groups is 1. The van der Waals surface area contributed by atoms with Gasteiger partial charge in [-0.25, -0.2) is 0 Å². The van der Waals surface area contributed by atoms with Crippen molar-refractivity contribution in [2.75, 3.05) is 11.9 Å². The second-order valence-corrected chi connectivity index (χ2v) is 7.33. The first-order valence-corrected chi connectivity index (χ1v) is 10.5. The molecule has 4 nitrogen and oxygen atoms in total. The van der Waals surface area contributed by atoms with E-state index in [1.165, 1.54) is 0 Å². The number of thiocarbonyl (C=S) groups is 1. The predicted octanol–water partition coefficient (Wildman–Crippen LogP) is 5.51. The summed E-state index contributed by atoms with van der Waals surface area (Å²) in [7, 11) is 0. The fourth-order valence-corrected chi connectivity index (χ4v) is 3.32. The lowest BCUT2D eigenvalue weighted by molar-refractivity contribution is -0.120. The number of amides is 1. The molecule has 0 aliphatic heterocycles. The molecule has 0 atom stereocenters. The average molecular weight is 419 g/mol. The number of unbranched alkanes of at least 4 members (excludes halogenated alkanes) is 1. The van der Waals surface area contributed by atoms with E-state index >= 15 is 0 Å². The van der Waals surface area contributed by atoms with Gasteiger partial charge in [0.25, 0.3) is 0 Å². The van der Waals surface area contributed by atoms with Crippen LogP contribution in [-0.2, 0) is 4.79 Å². The maximum absolute atomic E-state index is 13.1. The van der Waals surface area contributed by atoms with Gasteiger partial charge in [-0.2, -0.15) is 0 Å². The Hall–Kier alpha value is -3.18. The van der Waals surface area contributed by atoms with Crippen LogP contribution < -0.4 is 15.4 Å². The van der Waals surface area contributed by atoms with Crippen LogP contribution in [0.1, 0.15) is 36.8 Å². The van der Waals surface area contributed by atoms with Crippen molar-refractivity contribution in [1.82, 2.24) is 5.32 Å². The molecular formula is C25H26N2O2S. The minimum atomic E-state index is -0.443. The van der Waals surface area contributed by atoms with E-state index in [9.17, 15) is 4.79 Å². The molecular weight excluding hydrogens is 392 g/mol. The van der Waals surface area contributed by atoms with Crippen LogP contribution in [0, 0.1) is 0 Å². The molecule has 0 heterocycles. The van der Waals surface area contributed by atoms with Crippen molar-refractivity contribution in [3.05, 3.63) is 96.1 Å². The fourth-order valence-electron chi connectivity index (χ4n) is 3.10. The monoisotopic (exact) mass is 418 g/mol. The van der Waals surface area contributed by atoms with Crippen LogP contribution in [-0.4, -0.2) is 17.6 Å². The zero-order valence-corrected chi connectivity index (χ0v) is 17.8. The van der Waals surface area contributed by atoms with Gasteiger partial charge in [-0.15, -0.1) is 0 Å². The summed E-state index contributed by atoms with van der Waals surface area (Å²) in [6.45, 7) is 2.84. The molecule has 5 heteroatoms. The molecule has 0 saturated carbocycles. The van der Waals surface area contributed by atoms with E-state index in [1.54, 1.807) is 0 Å². The van der Waals surface area contributed by atoms with E-state index < -0.39 is 5.92 Å². The zero-order valence-electron chi connectivity index (χ0n) is 17.0. The Morgan fingerprint density at radius 2 is 1.47 bits per heavy atom. The van der Waals surface area contributed by atoms with Gasteiger partial charge in [-0.05, 0) is 54.0 Å². The number of hydrogen-bond donors (Lipinski definition) is 2.